The van der Waals surface area contributed by atoms with Gasteiger partial charge in [0.2, 0.25) is 0 Å². The van der Waals surface area contributed by atoms with Gasteiger partial charge in [-0.2, -0.15) is 26.3 Å². The fourth-order valence-electron chi connectivity index (χ4n) is 9.21. The minimum Gasteiger partial charge on any atom is -0.166 e. The Labute approximate surface area is 385 Å². The molecule has 0 N–H and O–H groups in total. The van der Waals surface area contributed by atoms with Gasteiger partial charge in [-0.05, 0) is 163 Å². The fourth-order valence-corrected chi connectivity index (χ4v) is 9.21. The number of benzene rings is 8. The number of rotatable bonds is 4. The lowest BCUT2D eigenvalue weighted by atomic mass is 9.75. The molecule has 0 radical (unpaired) electrons. The second-order valence-corrected chi connectivity index (χ2v) is 22.1. The Morgan fingerprint density at radius 2 is 0.606 bits per heavy atom. The molecule has 66 heavy (non-hydrogen) atoms. The summed E-state index contributed by atoms with van der Waals surface area (Å²) in [7, 11) is 0. The van der Waals surface area contributed by atoms with Crippen LogP contribution < -0.4 is 0 Å². The van der Waals surface area contributed by atoms with E-state index in [2.05, 4.69) is 168 Å². The first-order chi connectivity index (χ1) is 30.5. The second kappa shape index (κ2) is 15.9. The van der Waals surface area contributed by atoms with Gasteiger partial charge in [-0.3, -0.25) is 0 Å². The van der Waals surface area contributed by atoms with Crippen LogP contribution in [0.15, 0.2) is 133 Å². The summed E-state index contributed by atoms with van der Waals surface area (Å²) in [6, 6.07) is 40.8. The topological polar surface area (TPSA) is 0 Å². The molecule has 8 rings (SSSR count). The predicted octanol–water partition coefficient (Wildman–Crippen LogP) is 19.0. The van der Waals surface area contributed by atoms with Crippen molar-refractivity contribution >= 4 is 32.3 Å². The van der Waals surface area contributed by atoms with Gasteiger partial charge < -0.3 is 0 Å². The Morgan fingerprint density at radius 1 is 0.273 bits per heavy atom. The average Bonchev–Trinajstić information content (AvgIpc) is 3.22. The van der Waals surface area contributed by atoms with Crippen LogP contribution in [-0.2, 0) is 34.0 Å². The van der Waals surface area contributed by atoms with E-state index in [0.717, 1.165) is 112 Å². The zero-order chi connectivity index (χ0) is 48.1. The van der Waals surface area contributed by atoms with Crippen molar-refractivity contribution in [3.8, 4) is 44.5 Å². The van der Waals surface area contributed by atoms with Crippen molar-refractivity contribution in [1.29, 1.82) is 0 Å². The van der Waals surface area contributed by atoms with E-state index in [0.29, 0.717) is 11.1 Å². The molecule has 0 saturated heterocycles. The quantitative estimate of drug-likeness (QED) is 0.122. The summed E-state index contributed by atoms with van der Waals surface area (Å²) in [4.78, 5) is 0. The zero-order valence-electron chi connectivity index (χ0n) is 40.0. The smallest absolute Gasteiger partial charge is 0.166 e. The number of halogens is 6. The van der Waals surface area contributed by atoms with E-state index in [-0.39, 0.29) is 21.7 Å². The molecule has 0 saturated carbocycles. The molecule has 0 aliphatic rings. The van der Waals surface area contributed by atoms with Gasteiger partial charge >= 0.3 is 12.4 Å². The molecule has 0 unspecified atom stereocenters. The highest BCUT2D eigenvalue weighted by Crippen LogP contribution is 2.53. The monoisotopic (exact) mass is 892 g/mol. The third-order valence-corrected chi connectivity index (χ3v) is 13.2. The third-order valence-electron chi connectivity index (χ3n) is 13.2. The van der Waals surface area contributed by atoms with Gasteiger partial charge in [0.15, 0.2) is 0 Å². The van der Waals surface area contributed by atoms with Crippen molar-refractivity contribution in [3.63, 3.8) is 0 Å². The summed E-state index contributed by atoms with van der Waals surface area (Å²) < 4.78 is 85.9. The molecule has 6 heteroatoms. The second-order valence-electron chi connectivity index (χ2n) is 22.1. The first-order valence-electron chi connectivity index (χ1n) is 22.6. The Hall–Kier alpha value is -5.88. The van der Waals surface area contributed by atoms with Crippen LogP contribution >= 0.6 is 0 Å². The molecule has 0 spiro atoms. The molecule has 8 aromatic carbocycles. The van der Waals surface area contributed by atoms with E-state index in [9.17, 15) is 26.3 Å². The van der Waals surface area contributed by atoms with Crippen LogP contribution in [0.4, 0.5) is 26.3 Å². The van der Waals surface area contributed by atoms with Crippen LogP contribution in [0, 0.1) is 0 Å². The van der Waals surface area contributed by atoms with E-state index < -0.39 is 23.5 Å². The summed E-state index contributed by atoms with van der Waals surface area (Å²) in [6.45, 7) is 25.9. The van der Waals surface area contributed by atoms with E-state index in [1.807, 2.05) is 0 Å². The van der Waals surface area contributed by atoms with Gasteiger partial charge in [-0.25, -0.2) is 0 Å². The van der Waals surface area contributed by atoms with Crippen molar-refractivity contribution in [2.45, 2.75) is 117 Å². The highest BCUT2D eigenvalue weighted by molar-refractivity contribution is 6.31. The maximum absolute atomic E-state index is 14.3. The fraction of sp³-hybridized carbons (Fsp3) is 0.300. The molecular weight excluding hydrogens is 835 g/mol. The molecule has 0 nitrogen and oxygen atoms in total. The lowest BCUT2D eigenvalue weighted by Crippen LogP contribution is -2.12. The van der Waals surface area contributed by atoms with E-state index in [1.165, 1.54) is 0 Å². The summed E-state index contributed by atoms with van der Waals surface area (Å²) in [5.74, 6) is 0. The lowest BCUT2D eigenvalue weighted by molar-refractivity contribution is -0.138. The first kappa shape index (κ1) is 46.6. The number of alkyl halides is 6. The number of hydrogen-bond donors (Lipinski definition) is 0. The van der Waals surface area contributed by atoms with E-state index in [1.54, 1.807) is 24.3 Å². The van der Waals surface area contributed by atoms with Gasteiger partial charge in [0.1, 0.15) is 0 Å². The SMILES string of the molecule is CC(C)(C)c1ccc(-c2cc(C(C)(C)C)cc3c(-c4ccc(C(F)(F)F)cc4)c4c(-c5ccc(C(C)(C)C)cc5)c5ccc(C(C)(C)C)cc5cc4c(-c4ccc(C(F)(F)F)cc4)c23)cc1. The van der Waals surface area contributed by atoms with Crippen LogP contribution in [0.5, 0.6) is 0 Å². The van der Waals surface area contributed by atoms with Crippen molar-refractivity contribution in [1.82, 2.24) is 0 Å². The minimum absolute atomic E-state index is 0.125. The Kier molecular flexibility index (Phi) is 11.2. The molecule has 0 bridgehead atoms. The summed E-state index contributed by atoms with van der Waals surface area (Å²) in [5.41, 5.74) is 8.31. The van der Waals surface area contributed by atoms with E-state index >= 15 is 0 Å². The summed E-state index contributed by atoms with van der Waals surface area (Å²) in [5, 5.41) is 5.07. The predicted molar refractivity (Wildman–Crippen MR) is 266 cm³/mol. The molecule has 0 aromatic heterocycles. The third kappa shape index (κ3) is 8.76. The van der Waals surface area contributed by atoms with Gasteiger partial charge in [0.25, 0.3) is 0 Å². The van der Waals surface area contributed by atoms with Gasteiger partial charge in [0, 0.05) is 0 Å². The van der Waals surface area contributed by atoms with Gasteiger partial charge in [-0.1, -0.05) is 174 Å². The molecular formula is C60H58F6. The molecule has 0 fully saturated rings. The lowest BCUT2D eigenvalue weighted by Gasteiger charge is -2.28. The van der Waals surface area contributed by atoms with Gasteiger partial charge in [-0.15, -0.1) is 0 Å². The van der Waals surface area contributed by atoms with Gasteiger partial charge in [0.05, 0.1) is 11.1 Å². The van der Waals surface area contributed by atoms with Crippen molar-refractivity contribution < 1.29 is 26.3 Å². The normalized spacial score (nSPS) is 13.3. The molecule has 340 valence electrons. The Bertz CT molecular complexity index is 3120. The van der Waals surface area contributed by atoms with Crippen molar-refractivity contribution in [2.24, 2.45) is 0 Å². The maximum Gasteiger partial charge on any atom is 0.416 e. The van der Waals surface area contributed by atoms with Crippen molar-refractivity contribution in [3.05, 3.63) is 167 Å². The summed E-state index contributed by atoms with van der Waals surface area (Å²) >= 11 is 0. The van der Waals surface area contributed by atoms with Crippen LogP contribution in [0.3, 0.4) is 0 Å². The number of fused-ring (bicyclic) bond motifs is 3. The average molecular weight is 893 g/mol. The van der Waals surface area contributed by atoms with Crippen LogP contribution in [-0.4, -0.2) is 0 Å². The molecule has 0 atom stereocenters. The van der Waals surface area contributed by atoms with Crippen LogP contribution in [0.25, 0.3) is 76.8 Å². The van der Waals surface area contributed by atoms with Crippen LogP contribution in [0.1, 0.15) is 116 Å². The molecule has 0 aliphatic heterocycles. The van der Waals surface area contributed by atoms with Crippen molar-refractivity contribution in [2.75, 3.05) is 0 Å². The molecule has 0 amide bonds. The largest absolute Gasteiger partial charge is 0.416 e. The summed E-state index contributed by atoms with van der Waals surface area (Å²) in [6.07, 6.45) is -9.11. The Morgan fingerprint density at radius 3 is 1.00 bits per heavy atom. The molecule has 8 aromatic rings. The highest BCUT2D eigenvalue weighted by atomic mass is 19.4. The standard InChI is InChI=1S/C60H58F6/c1-55(2,3)40-21-13-35(14-22-40)47-33-45(58(10,11)12)34-49-52(38-19-27-43(28-20-38)60(64,65)66)54-48(51(53(47)49)37-17-25-42(26-18-37)59(61,62)63)32-39-31-44(57(7,8)9)29-30-46(39)50(54)36-15-23-41(24-16-36)56(4,5)6/h13-34H,1-12H3. The highest BCUT2D eigenvalue weighted by Gasteiger charge is 2.33. The van der Waals surface area contributed by atoms with E-state index in [4.69, 9.17) is 0 Å². The van der Waals surface area contributed by atoms with Crippen LogP contribution in [0.2, 0.25) is 0 Å². The Balaban J connectivity index is 1.70. The maximum atomic E-state index is 14.3. The molecule has 0 aliphatic carbocycles. The first-order valence-corrected chi connectivity index (χ1v) is 22.6. The molecule has 0 heterocycles. The zero-order valence-corrected chi connectivity index (χ0v) is 40.0. The minimum atomic E-state index is -4.55. The number of hydrogen-bond acceptors (Lipinski definition) is 0.